The molecule has 1 atom stereocenters. The topological polar surface area (TPSA) is 97.6 Å². The third kappa shape index (κ3) is 2.08. The largest absolute Gasteiger partial charge is 0.479 e. The number of nitrogens with zero attached hydrogens (tertiary/aromatic N) is 2. The molecule has 1 aliphatic rings. The summed E-state index contributed by atoms with van der Waals surface area (Å²) in [5, 5.41) is 9.30. The van der Waals surface area contributed by atoms with E-state index in [1.807, 2.05) is 4.90 Å². The summed E-state index contributed by atoms with van der Waals surface area (Å²) >= 11 is 0. The van der Waals surface area contributed by atoms with Gasteiger partial charge in [0.15, 0.2) is 5.82 Å². The van der Waals surface area contributed by atoms with E-state index in [4.69, 9.17) is 16.2 Å². The molecule has 1 saturated heterocycles. The molecular formula is C11H18N4O2. The van der Waals surface area contributed by atoms with Crippen molar-refractivity contribution >= 4 is 17.2 Å². The molecule has 6 nitrogen and oxygen atoms in total. The van der Waals surface area contributed by atoms with Crippen LogP contribution in [0.1, 0.15) is 12.8 Å². The van der Waals surface area contributed by atoms with Gasteiger partial charge in [0, 0.05) is 6.54 Å². The molecule has 0 spiro atoms. The van der Waals surface area contributed by atoms with Crippen LogP contribution in [0.5, 0.6) is 5.88 Å². The summed E-state index contributed by atoms with van der Waals surface area (Å²) < 4.78 is 5.09. The van der Waals surface area contributed by atoms with Crippen molar-refractivity contribution in [2.24, 2.45) is 0 Å². The van der Waals surface area contributed by atoms with Crippen molar-refractivity contribution in [2.45, 2.75) is 18.9 Å². The first-order chi connectivity index (χ1) is 8.17. The Labute approximate surface area is 100 Å². The van der Waals surface area contributed by atoms with E-state index in [-0.39, 0.29) is 12.6 Å². The van der Waals surface area contributed by atoms with Crippen LogP contribution in [0.25, 0.3) is 0 Å². The average molecular weight is 238 g/mol. The number of rotatable bonds is 3. The van der Waals surface area contributed by atoms with E-state index in [0.717, 1.165) is 19.4 Å². The zero-order valence-corrected chi connectivity index (χ0v) is 9.89. The van der Waals surface area contributed by atoms with Crippen molar-refractivity contribution in [2.75, 3.05) is 36.6 Å². The van der Waals surface area contributed by atoms with E-state index in [1.54, 1.807) is 6.07 Å². The first-order valence-corrected chi connectivity index (χ1v) is 5.65. The van der Waals surface area contributed by atoms with E-state index in [1.165, 1.54) is 7.11 Å². The molecule has 0 aromatic carbocycles. The van der Waals surface area contributed by atoms with Crippen LogP contribution in [0.2, 0.25) is 0 Å². The van der Waals surface area contributed by atoms with Crippen LogP contribution in [-0.4, -0.2) is 36.4 Å². The Morgan fingerprint density at radius 2 is 2.29 bits per heavy atom. The fourth-order valence-electron chi connectivity index (χ4n) is 2.22. The second kappa shape index (κ2) is 4.67. The van der Waals surface area contributed by atoms with Gasteiger partial charge >= 0.3 is 0 Å². The number of hydrogen-bond donors (Lipinski definition) is 3. The van der Waals surface area contributed by atoms with Crippen LogP contribution in [-0.2, 0) is 0 Å². The molecule has 1 aromatic heterocycles. The fraction of sp³-hybridized carbons (Fsp3) is 0.545. The summed E-state index contributed by atoms with van der Waals surface area (Å²) in [6.45, 7) is 0.948. The minimum atomic E-state index is 0.0816. The molecule has 0 saturated carbocycles. The van der Waals surface area contributed by atoms with Gasteiger partial charge < -0.3 is 26.2 Å². The zero-order valence-electron chi connectivity index (χ0n) is 9.89. The number of methoxy groups -OCH3 is 1. The minimum absolute atomic E-state index is 0.0816. The quantitative estimate of drug-likeness (QED) is 0.696. The van der Waals surface area contributed by atoms with Gasteiger partial charge in [0.2, 0.25) is 5.88 Å². The lowest BCUT2D eigenvalue weighted by Gasteiger charge is -2.25. The Morgan fingerprint density at radius 1 is 1.53 bits per heavy atom. The highest BCUT2D eigenvalue weighted by molar-refractivity contribution is 5.71. The molecule has 1 fully saturated rings. The van der Waals surface area contributed by atoms with E-state index >= 15 is 0 Å². The number of ether oxygens (including phenoxy) is 1. The number of nitrogens with two attached hydrogens (primary N) is 2. The van der Waals surface area contributed by atoms with E-state index in [9.17, 15) is 5.11 Å². The van der Waals surface area contributed by atoms with Crippen LogP contribution >= 0.6 is 0 Å². The van der Waals surface area contributed by atoms with Crippen LogP contribution in [0.15, 0.2) is 6.07 Å². The molecule has 17 heavy (non-hydrogen) atoms. The number of pyridine rings is 1. The summed E-state index contributed by atoms with van der Waals surface area (Å²) in [5.41, 5.74) is 12.6. The Bertz CT molecular complexity index is 411. The zero-order chi connectivity index (χ0) is 12.4. The summed E-state index contributed by atoms with van der Waals surface area (Å²) in [6, 6.07) is 1.73. The Hall–Kier alpha value is -1.69. The number of aliphatic hydroxyl groups is 1. The van der Waals surface area contributed by atoms with Crippen molar-refractivity contribution in [3.63, 3.8) is 0 Å². The number of hydrogen-bond acceptors (Lipinski definition) is 6. The Kier molecular flexibility index (Phi) is 3.23. The number of anilines is 3. The third-order valence-electron chi connectivity index (χ3n) is 3.08. The molecule has 1 unspecified atom stereocenters. The molecule has 1 aromatic rings. The van der Waals surface area contributed by atoms with Crippen molar-refractivity contribution in [3.05, 3.63) is 6.07 Å². The van der Waals surface area contributed by atoms with E-state index in [0.29, 0.717) is 23.1 Å². The maximum Gasteiger partial charge on any atom is 0.239 e. The molecule has 0 aliphatic carbocycles. The molecule has 0 amide bonds. The maximum absolute atomic E-state index is 9.30. The lowest BCUT2D eigenvalue weighted by atomic mass is 10.2. The molecule has 0 radical (unpaired) electrons. The Balaban J connectivity index is 2.37. The molecule has 1 aliphatic heterocycles. The van der Waals surface area contributed by atoms with Crippen LogP contribution in [0.4, 0.5) is 17.2 Å². The van der Waals surface area contributed by atoms with Crippen molar-refractivity contribution in [1.29, 1.82) is 0 Å². The summed E-state index contributed by atoms with van der Waals surface area (Å²) in [5.74, 6) is 1.02. The van der Waals surface area contributed by atoms with Gasteiger partial charge in [-0.15, -0.1) is 0 Å². The van der Waals surface area contributed by atoms with Gasteiger partial charge in [0.05, 0.1) is 31.1 Å². The highest BCUT2D eigenvalue weighted by atomic mass is 16.5. The van der Waals surface area contributed by atoms with Gasteiger partial charge in [-0.2, -0.15) is 4.98 Å². The van der Waals surface area contributed by atoms with Crippen molar-refractivity contribution in [3.8, 4) is 5.88 Å². The standard InChI is InChI=1S/C11H18N4O2/c1-17-11-9(13)5-8(12)10(14-11)15-4-2-3-7(15)6-16/h5,7,16H,2-4,6,12-13H2,1H3. The van der Waals surface area contributed by atoms with Crippen LogP contribution < -0.4 is 21.1 Å². The van der Waals surface area contributed by atoms with E-state index in [2.05, 4.69) is 4.98 Å². The first kappa shape index (κ1) is 11.8. The number of aliphatic hydroxyl groups excluding tert-OH is 1. The normalized spacial score (nSPS) is 19.6. The summed E-state index contributed by atoms with van der Waals surface area (Å²) in [6.07, 6.45) is 1.98. The first-order valence-electron chi connectivity index (χ1n) is 5.65. The molecule has 2 heterocycles. The summed E-state index contributed by atoms with van der Waals surface area (Å²) in [4.78, 5) is 6.32. The third-order valence-corrected chi connectivity index (χ3v) is 3.08. The molecule has 0 bridgehead atoms. The highest BCUT2D eigenvalue weighted by Gasteiger charge is 2.27. The molecule has 94 valence electrons. The minimum Gasteiger partial charge on any atom is -0.479 e. The molecule has 2 rings (SSSR count). The van der Waals surface area contributed by atoms with Gasteiger partial charge in [-0.05, 0) is 18.9 Å². The van der Waals surface area contributed by atoms with Gasteiger partial charge in [0.1, 0.15) is 0 Å². The van der Waals surface area contributed by atoms with Crippen LogP contribution in [0.3, 0.4) is 0 Å². The van der Waals surface area contributed by atoms with Crippen LogP contribution in [0, 0.1) is 0 Å². The monoisotopic (exact) mass is 238 g/mol. The van der Waals surface area contributed by atoms with Gasteiger partial charge in [-0.1, -0.05) is 0 Å². The van der Waals surface area contributed by atoms with Gasteiger partial charge in [-0.3, -0.25) is 0 Å². The SMILES string of the molecule is COc1nc(N2CCCC2CO)c(N)cc1N. The fourth-order valence-corrected chi connectivity index (χ4v) is 2.22. The smallest absolute Gasteiger partial charge is 0.239 e. The second-order valence-corrected chi connectivity index (χ2v) is 4.17. The number of nitrogen functional groups attached to an aromatic ring is 2. The summed E-state index contributed by atoms with van der Waals surface area (Å²) in [7, 11) is 1.52. The van der Waals surface area contributed by atoms with Crippen molar-refractivity contribution in [1.82, 2.24) is 4.98 Å². The predicted octanol–water partition coefficient (Wildman–Crippen LogP) is 0.216. The molecule has 6 heteroatoms. The maximum atomic E-state index is 9.30. The Morgan fingerprint density at radius 3 is 2.94 bits per heavy atom. The second-order valence-electron chi connectivity index (χ2n) is 4.17. The predicted molar refractivity (Wildman–Crippen MR) is 67.1 cm³/mol. The van der Waals surface area contributed by atoms with Gasteiger partial charge in [-0.25, -0.2) is 0 Å². The number of aromatic nitrogens is 1. The lowest BCUT2D eigenvalue weighted by molar-refractivity contribution is 0.266. The van der Waals surface area contributed by atoms with Crippen molar-refractivity contribution < 1.29 is 9.84 Å². The molecular weight excluding hydrogens is 220 g/mol. The molecule has 5 N–H and O–H groups in total. The average Bonchev–Trinajstić information content (AvgIpc) is 2.77. The lowest BCUT2D eigenvalue weighted by Crippen LogP contribution is -2.33. The highest BCUT2D eigenvalue weighted by Crippen LogP contribution is 2.33. The van der Waals surface area contributed by atoms with E-state index < -0.39 is 0 Å². The van der Waals surface area contributed by atoms with Gasteiger partial charge in [0.25, 0.3) is 0 Å².